The van der Waals surface area contributed by atoms with Crippen LogP contribution in [0.1, 0.15) is 109 Å². The van der Waals surface area contributed by atoms with Gasteiger partial charge in [0.25, 0.3) is 0 Å². The minimum Gasteiger partial charge on any atom is -0.341 e. The van der Waals surface area contributed by atoms with Crippen LogP contribution in [0, 0.1) is 0 Å². The number of hydrogen-bond acceptors (Lipinski definition) is 3. The van der Waals surface area contributed by atoms with Crippen LogP contribution in [-0.2, 0) is 6.42 Å². The Morgan fingerprint density at radius 2 is 1.31 bits per heavy atom. The molecule has 0 aromatic carbocycles. The molecule has 0 atom stereocenters. The van der Waals surface area contributed by atoms with E-state index in [1.807, 2.05) is 6.20 Å². The van der Waals surface area contributed by atoms with Crippen molar-refractivity contribution in [3.63, 3.8) is 0 Å². The van der Waals surface area contributed by atoms with Crippen LogP contribution >= 0.6 is 0 Å². The van der Waals surface area contributed by atoms with Gasteiger partial charge in [-0.05, 0) is 25.3 Å². The highest BCUT2D eigenvalue weighted by Gasteiger charge is 2.16. The topological polar surface area (TPSA) is 29.0 Å². The molecule has 1 saturated heterocycles. The van der Waals surface area contributed by atoms with Gasteiger partial charge in [0.05, 0.1) is 0 Å². The summed E-state index contributed by atoms with van der Waals surface area (Å²) >= 11 is 0. The maximum atomic E-state index is 4.71. The Hall–Kier alpha value is -1.12. The first-order chi connectivity index (χ1) is 12.9. The highest BCUT2D eigenvalue weighted by atomic mass is 15.3. The fourth-order valence-electron chi connectivity index (χ4n) is 3.69. The van der Waals surface area contributed by atoms with Crippen molar-refractivity contribution in [3.05, 3.63) is 18.0 Å². The summed E-state index contributed by atoms with van der Waals surface area (Å²) in [4.78, 5) is 11.4. The average Bonchev–Trinajstić information content (AvgIpc) is 2.61. The second kappa shape index (κ2) is 14.0. The van der Waals surface area contributed by atoms with E-state index in [0.29, 0.717) is 0 Å². The molecule has 1 fully saturated rings. The van der Waals surface area contributed by atoms with E-state index in [2.05, 4.69) is 22.9 Å². The number of rotatable bonds is 16. The zero-order valence-electron chi connectivity index (χ0n) is 17.2. The van der Waals surface area contributed by atoms with E-state index in [4.69, 9.17) is 4.98 Å². The van der Waals surface area contributed by atoms with Gasteiger partial charge in [-0.25, -0.2) is 9.97 Å². The van der Waals surface area contributed by atoms with Gasteiger partial charge < -0.3 is 4.90 Å². The minimum atomic E-state index is 0.944. The molecule has 0 bridgehead atoms. The number of unbranched alkanes of at least 4 members (excludes halogenated alkanes) is 13. The van der Waals surface area contributed by atoms with Crippen LogP contribution in [0.15, 0.2) is 12.3 Å². The molecular formula is C23H41N3. The quantitative estimate of drug-likeness (QED) is 0.307. The highest BCUT2D eigenvalue weighted by Crippen LogP contribution is 2.17. The maximum Gasteiger partial charge on any atom is 0.225 e. The van der Waals surface area contributed by atoms with Crippen LogP contribution < -0.4 is 4.90 Å². The summed E-state index contributed by atoms with van der Waals surface area (Å²) in [5.41, 5.74) is 1.22. The van der Waals surface area contributed by atoms with Crippen LogP contribution in [0.25, 0.3) is 0 Å². The van der Waals surface area contributed by atoms with E-state index in [1.54, 1.807) is 0 Å². The zero-order chi connectivity index (χ0) is 18.3. The summed E-state index contributed by atoms with van der Waals surface area (Å²) in [6, 6.07) is 2.09. The molecule has 26 heavy (non-hydrogen) atoms. The van der Waals surface area contributed by atoms with Crippen molar-refractivity contribution >= 4 is 5.95 Å². The lowest BCUT2D eigenvalue weighted by Gasteiger charge is -2.30. The predicted molar refractivity (Wildman–Crippen MR) is 113 cm³/mol. The van der Waals surface area contributed by atoms with Crippen molar-refractivity contribution in [3.8, 4) is 0 Å². The fraction of sp³-hybridized carbons (Fsp3) is 0.826. The van der Waals surface area contributed by atoms with E-state index in [1.165, 1.54) is 102 Å². The van der Waals surface area contributed by atoms with E-state index in [-0.39, 0.29) is 0 Å². The minimum absolute atomic E-state index is 0.944. The summed E-state index contributed by atoms with van der Waals surface area (Å²) in [5.74, 6) is 0.944. The second-order valence-corrected chi connectivity index (χ2v) is 8.03. The van der Waals surface area contributed by atoms with E-state index in [9.17, 15) is 0 Å². The van der Waals surface area contributed by atoms with Crippen LogP contribution in [0.2, 0.25) is 0 Å². The molecule has 2 rings (SSSR count). The van der Waals surface area contributed by atoms with Gasteiger partial charge in [-0.2, -0.15) is 0 Å². The Morgan fingerprint density at radius 3 is 1.81 bits per heavy atom. The molecule has 1 aromatic heterocycles. The lowest BCUT2D eigenvalue weighted by Crippen LogP contribution is -2.38. The van der Waals surface area contributed by atoms with E-state index >= 15 is 0 Å². The normalized spacial score (nSPS) is 13.8. The molecule has 0 amide bonds. The summed E-state index contributed by atoms with van der Waals surface area (Å²) in [7, 11) is 0. The van der Waals surface area contributed by atoms with Gasteiger partial charge in [0.2, 0.25) is 5.95 Å². The van der Waals surface area contributed by atoms with Crippen molar-refractivity contribution in [2.75, 3.05) is 18.0 Å². The average molecular weight is 360 g/mol. The Morgan fingerprint density at radius 1 is 0.769 bits per heavy atom. The molecule has 148 valence electrons. The molecular weight excluding hydrogens is 318 g/mol. The van der Waals surface area contributed by atoms with Crippen LogP contribution in [0.3, 0.4) is 0 Å². The van der Waals surface area contributed by atoms with Crippen LogP contribution in [0.4, 0.5) is 5.95 Å². The van der Waals surface area contributed by atoms with Gasteiger partial charge in [0, 0.05) is 25.0 Å². The molecule has 0 unspecified atom stereocenters. The molecule has 1 aromatic rings. The molecule has 0 radical (unpaired) electrons. The summed E-state index contributed by atoms with van der Waals surface area (Å²) < 4.78 is 0. The van der Waals surface area contributed by atoms with Crippen molar-refractivity contribution in [2.24, 2.45) is 0 Å². The predicted octanol–water partition coefficient (Wildman–Crippen LogP) is 6.71. The molecule has 0 N–H and O–H groups in total. The summed E-state index contributed by atoms with van der Waals surface area (Å²) in [5, 5.41) is 0. The third-order valence-electron chi connectivity index (χ3n) is 5.63. The van der Waals surface area contributed by atoms with Crippen LogP contribution in [0.5, 0.6) is 0 Å². The lowest BCUT2D eigenvalue weighted by atomic mass is 10.0. The molecule has 1 aliphatic rings. The Balaban J connectivity index is 1.36. The van der Waals surface area contributed by atoms with Crippen molar-refractivity contribution in [2.45, 2.75) is 110 Å². The van der Waals surface area contributed by atoms with Gasteiger partial charge in [0.15, 0.2) is 0 Å². The number of nitrogens with zero attached hydrogens (tertiary/aromatic N) is 3. The first-order valence-electron chi connectivity index (χ1n) is 11.5. The van der Waals surface area contributed by atoms with E-state index < -0.39 is 0 Å². The van der Waals surface area contributed by atoms with Crippen molar-refractivity contribution in [1.82, 2.24) is 9.97 Å². The first-order valence-corrected chi connectivity index (χ1v) is 11.5. The SMILES string of the molecule is CCCCCCCCCCCCCCCCc1ccnc(N2CCC2)n1. The number of hydrogen-bond donors (Lipinski definition) is 0. The Labute approximate surface area is 162 Å². The third-order valence-corrected chi connectivity index (χ3v) is 5.63. The van der Waals surface area contributed by atoms with Crippen LogP contribution in [-0.4, -0.2) is 23.1 Å². The molecule has 0 aliphatic carbocycles. The zero-order valence-corrected chi connectivity index (χ0v) is 17.2. The van der Waals surface area contributed by atoms with Crippen molar-refractivity contribution < 1.29 is 0 Å². The van der Waals surface area contributed by atoms with Gasteiger partial charge in [-0.1, -0.05) is 90.4 Å². The standard InChI is InChI=1S/C23H41N3/c1-2-3-4-5-6-7-8-9-10-11-12-13-14-15-17-22-18-19-24-23(25-22)26-20-16-21-26/h18-19H,2-17,20-21H2,1H3. The van der Waals surface area contributed by atoms with Gasteiger partial charge in [-0.15, -0.1) is 0 Å². The molecule has 1 aliphatic heterocycles. The van der Waals surface area contributed by atoms with E-state index in [0.717, 1.165) is 25.5 Å². The van der Waals surface area contributed by atoms with Gasteiger partial charge >= 0.3 is 0 Å². The van der Waals surface area contributed by atoms with Crippen molar-refractivity contribution in [1.29, 1.82) is 0 Å². The molecule has 3 heteroatoms. The fourth-order valence-corrected chi connectivity index (χ4v) is 3.69. The second-order valence-electron chi connectivity index (χ2n) is 8.03. The lowest BCUT2D eigenvalue weighted by molar-refractivity contribution is 0.535. The number of aryl methyl sites for hydroxylation is 1. The number of anilines is 1. The molecule has 3 nitrogen and oxygen atoms in total. The highest BCUT2D eigenvalue weighted by molar-refractivity contribution is 5.33. The maximum absolute atomic E-state index is 4.71. The summed E-state index contributed by atoms with van der Waals surface area (Å²) in [6.45, 7) is 4.55. The molecule has 0 saturated carbocycles. The smallest absolute Gasteiger partial charge is 0.225 e. The third kappa shape index (κ3) is 9.00. The first kappa shape index (κ1) is 21.2. The van der Waals surface area contributed by atoms with Gasteiger partial charge in [-0.3, -0.25) is 0 Å². The Bertz CT molecular complexity index is 457. The monoisotopic (exact) mass is 359 g/mol. The van der Waals surface area contributed by atoms with Gasteiger partial charge in [0.1, 0.15) is 0 Å². The molecule has 2 heterocycles. The molecule has 0 spiro atoms. The summed E-state index contributed by atoms with van der Waals surface area (Å²) in [6.07, 6.45) is 24.2. The number of aromatic nitrogens is 2. The Kier molecular flexibility index (Phi) is 11.4. The largest absolute Gasteiger partial charge is 0.341 e.